The fourth-order valence-electron chi connectivity index (χ4n) is 0.274. The molecule has 1 heterocycles. The van der Waals surface area contributed by atoms with E-state index >= 15 is 0 Å². The molecule has 0 aliphatic rings. The molecule has 0 atom stereocenters. The fourth-order valence-corrected chi connectivity index (χ4v) is 0.428. The summed E-state index contributed by atoms with van der Waals surface area (Å²) in [6, 6.07) is 0. The van der Waals surface area contributed by atoms with Crippen molar-refractivity contribution in [2.45, 2.75) is 6.92 Å². The zero-order chi connectivity index (χ0) is 5.28. The summed E-state index contributed by atoms with van der Waals surface area (Å²) in [5.41, 5.74) is 0. The van der Waals surface area contributed by atoms with E-state index in [1.54, 1.807) is 6.92 Å². The van der Waals surface area contributed by atoms with Crippen LogP contribution in [0.25, 0.3) is 0 Å². The lowest BCUT2D eigenvalue weighted by molar-refractivity contribution is 0.393. The van der Waals surface area contributed by atoms with Gasteiger partial charge in [-0.2, -0.15) is 4.98 Å². The van der Waals surface area contributed by atoms with Crippen LogP contribution in [0.1, 0.15) is 5.89 Å². The Kier molecular flexibility index (Phi) is 0.982. The van der Waals surface area contributed by atoms with Gasteiger partial charge in [-0.1, -0.05) is 0 Å². The number of aromatic nitrogens is 2. The quantitative estimate of drug-likeness (QED) is 0.511. The summed E-state index contributed by atoms with van der Waals surface area (Å²) in [5.74, 6) is 0.491. The Bertz CT molecular complexity index is 145. The van der Waals surface area contributed by atoms with Crippen molar-refractivity contribution in [1.82, 2.24) is 10.1 Å². The molecule has 0 unspecified atom stereocenters. The minimum absolute atomic E-state index is 0.164. The molecule has 38 valence electrons. The summed E-state index contributed by atoms with van der Waals surface area (Å²) in [5, 5.41) is 3.46. The van der Waals surface area contributed by atoms with Gasteiger partial charge >= 0.3 is 0 Å². The lowest BCUT2D eigenvalue weighted by Crippen LogP contribution is -1.63. The molecule has 0 saturated carbocycles. The zero-order valence-corrected chi connectivity index (χ0v) is 4.44. The average molecular weight is 119 g/mol. The monoisotopic (exact) mass is 118 g/mol. The number of nitrogens with zero attached hydrogens (tertiary/aromatic N) is 2. The maximum atomic E-state index is 5.24. The summed E-state index contributed by atoms with van der Waals surface area (Å²) < 4.78 is 4.47. The van der Waals surface area contributed by atoms with Crippen LogP contribution in [0, 0.1) is 6.92 Å². The first kappa shape index (κ1) is 4.59. The Labute approximate surface area is 45.3 Å². The molecule has 1 rings (SSSR count). The van der Waals surface area contributed by atoms with E-state index in [1.165, 1.54) is 0 Å². The second-order valence-electron chi connectivity index (χ2n) is 1.08. The SMILES string of the molecule is Cc1nc(Cl)no1. The molecular formula is C3H3ClN2O. The number of halogens is 1. The molecule has 0 amide bonds. The predicted molar refractivity (Wildman–Crippen MR) is 24.0 cm³/mol. The Hall–Kier alpha value is -0.570. The molecule has 0 saturated heterocycles. The molecule has 0 aliphatic carbocycles. The first-order chi connectivity index (χ1) is 3.29. The predicted octanol–water partition coefficient (Wildman–Crippen LogP) is 1.03. The van der Waals surface area contributed by atoms with Crippen molar-refractivity contribution in [1.29, 1.82) is 0 Å². The number of hydrogen-bond donors (Lipinski definition) is 0. The van der Waals surface area contributed by atoms with Crippen LogP contribution in [0.3, 0.4) is 0 Å². The van der Waals surface area contributed by atoms with Crippen molar-refractivity contribution in [3.63, 3.8) is 0 Å². The van der Waals surface area contributed by atoms with Crippen molar-refractivity contribution in [3.8, 4) is 0 Å². The Morgan fingerprint density at radius 1 is 1.71 bits per heavy atom. The van der Waals surface area contributed by atoms with E-state index in [4.69, 9.17) is 11.6 Å². The standard InChI is InChI=1S/C3H3ClN2O/c1-2-5-3(4)6-7-2/h1H3. The van der Waals surface area contributed by atoms with Crippen LogP contribution in [0.15, 0.2) is 4.52 Å². The van der Waals surface area contributed by atoms with Gasteiger partial charge in [-0.15, -0.1) is 0 Å². The summed E-state index contributed by atoms with van der Waals surface area (Å²) in [4.78, 5) is 3.60. The van der Waals surface area contributed by atoms with Crippen molar-refractivity contribution in [2.24, 2.45) is 0 Å². The normalized spacial score (nSPS) is 9.43. The third-order valence-electron chi connectivity index (χ3n) is 0.503. The van der Waals surface area contributed by atoms with Crippen LogP contribution >= 0.6 is 11.6 Å². The third-order valence-corrected chi connectivity index (χ3v) is 0.656. The van der Waals surface area contributed by atoms with Crippen molar-refractivity contribution in [3.05, 3.63) is 11.2 Å². The van der Waals surface area contributed by atoms with Gasteiger partial charge in [0.05, 0.1) is 0 Å². The molecule has 7 heavy (non-hydrogen) atoms. The number of aryl methyl sites for hydroxylation is 1. The van der Waals surface area contributed by atoms with Crippen LogP contribution in [-0.2, 0) is 0 Å². The molecule has 0 aromatic carbocycles. The summed E-state index contributed by atoms with van der Waals surface area (Å²) >= 11 is 5.24. The van der Waals surface area contributed by atoms with Gasteiger partial charge < -0.3 is 4.52 Å². The Morgan fingerprint density at radius 2 is 2.43 bits per heavy atom. The molecule has 3 nitrogen and oxygen atoms in total. The van der Waals surface area contributed by atoms with Gasteiger partial charge in [0, 0.05) is 6.92 Å². The molecule has 1 aromatic rings. The molecule has 4 heteroatoms. The van der Waals surface area contributed by atoms with Gasteiger partial charge in [-0.05, 0) is 16.8 Å². The van der Waals surface area contributed by atoms with Crippen LogP contribution in [0.5, 0.6) is 0 Å². The smallest absolute Gasteiger partial charge is 0.263 e. The summed E-state index contributed by atoms with van der Waals surface area (Å²) in [7, 11) is 0. The van der Waals surface area contributed by atoms with E-state index in [2.05, 4.69) is 14.7 Å². The minimum Gasteiger partial charge on any atom is -0.338 e. The van der Waals surface area contributed by atoms with E-state index in [9.17, 15) is 0 Å². The molecule has 0 radical (unpaired) electrons. The van der Waals surface area contributed by atoms with E-state index < -0.39 is 0 Å². The van der Waals surface area contributed by atoms with Crippen molar-refractivity contribution >= 4 is 11.6 Å². The van der Waals surface area contributed by atoms with Gasteiger partial charge in [-0.25, -0.2) is 0 Å². The summed E-state index contributed by atoms with van der Waals surface area (Å²) in [6.45, 7) is 1.68. The van der Waals surface area contributed by atoms with Gasteiger partial charge in [0.2, 0.25) is 5.89 Å². The van der Waals surface area contributed by atoms with Gasteiger partial charge in [0.15, 0.2) is 0 Å². The first-order valence-electron chi connectivity index (χ1n) is 1.75. The fraction of sp³-hybridized carbons (Fsp3) is 0.333. The van der Waals surface area contributed by atoms with E-state index in [0.29, 0.717) is 5.89 Å². The molecule has 0 aliphatic heterocycles. The van der Waals surface area contributed by atoms with Crippen LogP contribution in [0.2, 0.25) is 5.28 Å². The molecule has 1 aromatic heterocycles. The highest BCUT2D eigenvalue weighted by atomic mass is 35.5. The Balaban J connectivity index is 3.04. The molecule has 0 spiro atoms. The van der Waals surface area contributed by atoms with Gasteiger partial charge in [0.25, 0.3) is 5.28 Å². The summed E-state index contributed by atoms with van der Waals surface area (Å²) in [6.07, 6.45) is 0. The number of hydrogen-bond acceptors (Lipinski definition) is 3. The van der Waals surface area contributed by atoms with Crippen molar-refractivity contribution in [2.75, 3.05) is 0 Å². The largest absolute Gasteiger partial charge is 0.338 e. The van der Waals surface area contributed by atoms with Crippen LogP contribution in [-0.4, -0.2) is 10.1 Å². The van der Waals surface area contributed by atoms with E-state index in [1.807, 2.05) is 0 Å². The highest BCUT2D eigenvalue weighted by Crippen LogP contribution is 1.98. The first-order valence-corrected chi connectivity index (χ1v) is 2.12. The average Bonchev–Trinajstić information content (AvgIpc) is 1.87. The second kappa shape index (κ2) is 1.50. The van der Waals surface area contributed by atoms with Crippen LogP contribution < -0.4 is 0 Å². The zero-order valence-electron chi connectivity index (χ0n) is 3.68. The molecule has 0 N–H and O–H groups in total. The topological polar surface area (TPSA) is 38.9 Å². The minimum atomic E-state index is 0.164. The highest BCUT2D eigenvalue weighted by molar-refractivity contribution is 6.28. The molecular weight excluding hydrogens is 115 g/mol. The maximum Gasteiger partial charge on any atom is 0.263 e. The Morgan fingerprint density at radius 3 is 2.57 bits per heavy atom. The number of rotatable bonds is 0. The van der Waals surface area contributed by atoms with Gasteiger partial charge in [-0.3, -0.25) is 0 Å². The maximum absolute atomic E-state index is 5.24. The van der Waals surface area contributed by atoms with Crippen LogP contribution in [0.4, 0.5) is 0 Å². The lowest BCUT2D eigenvalue weighted by atomic mass is 10.8. The second-order valence-corrected chi connectivity index (χ2v) is 1.42. The highest BCUT2D eigenvalue weighted by Gasteiger charge is 1.92. The molecule has 0 bridgehead atoms. The third kappa shape index (κ3) is 0.899. The lowest BCUT2D eigenvalue weighted by Gasteiger charge is -1.63. The molecule has 0 fully saturated rings. The van der Waals surface area contributed by atoms with Crippen molar-refractivity contribution < 1.29 is 4.52 Å². The van der Waals surface area contributed by atoms with Gasteiger partial charge in [0.1, 0.15) is 0 Å². The van der Waals surface area contributed by atoms with E-state index in [0.717, 1.165) is 0 Å². The van der Waals surface area contributed by atoms with E-state index in [-0.39, 0.29) is 5.28 Å².